The van der Waals surface area contributed by atoms with E-state index in [4.69, 9.17) is 28.7 Å². The normalized spacial score (nSPS) is 21.3. The minimum Gasteiger partial charge on any atom is -0.494 e. The molecule has 0 saturated carbocycles. The second-order valence-corrected chi connectivity index (χ2v) is 11.5. The summed E-state index contributed by atoms with van der Waals surface area (Å²) in [5, 5.41) is 3.39. The molecule has 44 heavy (non-hydrogen) atoms. The number of nitrogens with zero attached hydrogens (tertiary/aromatic N) is 2. The van der Waals surface area contributed by atoms with Gasteiger partial charge in [-0.15, -0.1) is 0 Å². The lowest BCUT2D eigenvalue weighted by Crippen LogP contribution is -2.65. The molecule has 13 heteroatoms. The molecule has 1 aliphatic rings. The van der Waals surface area contributed by atoms with Gasteiger partial charge in [0.2, 0.25) is 5.91 Å². The van der Waals surface area contributed by atoms with Gasteiger partial charge in [0.15, 0.2) is 17.4 Å². The van der Waals surface area contributed by atoms with Crippen LogP contribution in [-0.2, 0) is 44.7 Å². The highest BCUT2D eigenvalue weighted by molar-refractivity contribution is 7.99. The predicted octanol–water partition coefficient (Wildman–Crippen LogP) is 3.56. The molecule has 1 aliphatic heterocycles. The first-order valence-electron chi connectivity index (χ1n) is 14.2. The zero-order valence-corrected chi connectivity index (χ0v) is 26.1. The Kier molecular flexibility index (Phi) is 11.2. The van der Waals surface area contributed by atoms with Crippen LogP contribution < -0.4 is 10.1 Å². The van der Waals surface area contributed by atoms with E-state index in [0.717, 1.165) is 22.3 Å². The zero-order valence-electron chi connectivity index (χ0n) is 25.3. The first-order chi connectivity index (χ1) is 21.0. The van der Waals surface area contributed by atoms with Crippen LogP contribution in [0.1, 0.15) is 39.7 Å². The van der Waals surface area contributed by atoms with E-state index in [0.29, 0.717) is 24.7 Å². The quantitative estimate of drug-likeness (QED) is 0.179. The van der Waals surface area contributed by atoms with Crippen molar-refractivity contribution >= 4 is 46.6 Å². The largest absolute Gasteiger partial charge is 0.494 e. The number of rotatable bonds is 12. The summed E-state index contributed by atoms with van der Waals surface area (Å²) in [4.78, 5) is 53.1. The molecule has 0 aliphatic carbocycles. The van der Waals surface area contributed by atoms with Crippen LogP contribution >= 0.6 is 11.8 Å². The molecule has 12 nitrogen and oxygen atoms in total. The van der Waals surface area contributed by atoms with Gasteiger partial charge in [-0.3, -0.25) is 19.2 Å². The fourth-order valence-corrected chi connectivity index (χ4v) is 6.15. The predicted molar refractivity (Wildman–Crippen MR) is 161 cm³/mol. The molecule has 2 heterocycles. The van der Waals surface area contributed by atoms with E-state index >= 15 is 0 Å². The second-order valence-electron chi connectivity index (χ2n) is 10.4. The Morgan fingerprint density at radius 2 is 1.61 bits per heavy atom. The summed E-state index contributed by atoms with van der Waals surface area (Å²) in [7, 11) is 0. The third kappa shape index (κ3) is 8.73. The Morgan fingerprint density at radius 3 is 2.27 bits per heavy atom. The standard InChI is InChI=1S/C31H37N3O9S/c1-18-11-13-23(14-12-18)39-16-8-15-34-25-10-7-6-9-24(25)33-31(34)44-30-27(32-19(2)35)29(42-22(5)38)28(41-21(4)37)26(43-30)17-40-20(3)36/h6-7,9-14,26-30H,8,15-17H2,1-5H3,(H,32,35). The highest BCUT2D eigenvalue weighted by Crippen LogP contribution is 2.37. The molecule has 5 atom stereocenters. The minimum atomic E-state index is -1.16. The van der Waals surface area contributed by atoms with Crippen molar-refractivity contribution in [3.05, 3.63) is 54.1 Å². The number of carbonyl (C=O) groups is 4. The van der Waals surface area contributed by atoms with Gasteiger partial charge < -0.3 is 33.6 Å². The maximum Gasteiger partial charge on any atom is 0.303 e. The summed E-state index contributed by atoms with van der Waals surface area (Å²) < 4.78 is 30.7. The number of amides is 1. The second kappa shape index (κ2) is 15.1. The molecule has 236 valence electrons. The van der Waals surface area contributed by atoms with Gasteiger partial charge >= 0.3 is 17.9 Å². The molecular formula is C31H37N3O9S. The van der Waals surface area contributed by atoms with Crippen molar-refractivity contribution in [3.8, 4) is 5.75 Å². The number of esters is 3. The highest BCUT2D eigenvalue weighted by atomic mass is 32.2. The van der Waals surface area contributed by atoms with Gasteiger partial charge in [0, 0.05) is 34.2 Å². The highest BCUT2D eigenvalue weighted by Gasteiger charge is 2.51. The van der Waals surface area contributed by atoms with E-state index in [2.05, 4.69) is 5.32 Å². The molecule has 0 radical (unpaired) electrons. The van der Waals surface area contributed by atoms with Crippen molar-refractivity contribution < 1.29 is 42.9 Å². The van der Waals surface area contributed by atoms with Crippen molar-refractivity contribution in [2.45, 2.75) is 82.5 Å². The van der Waals surface area contributed by atoms with Crippen molar-refractivity contribution in [2.24, 2.45) is 0 Å². The van der Waals surface area contributed by atoms with Crippen LogP contribution in [-0.4, -0.2) is 76.4 Å². The molecule has 4 rings (SSSR count). The van der Waals surface area contributed by atoms with Crippen molar-refractivity contribution in [2.75, 3.05) is 13.2 Å². The van der Waals surface area contributed by atoms with Crippen LogP contribution in [0.5, 0.6) is 5.75 Å². The molecule has 1 amide bonds. The first-order valence-corrected chi connectivity index (χ1v) is 15.1. The number of fused-ring (bicyclic) bond motifs is 1. The van der Waals surface area contributed by atoms with Gasteiger partial charge in [0.25, 0.3) is 0 Å². The van der Waals surface area contributed by atoms with Gasteiger partial charge in [-0.05, 0) is 37.6 Å². The SMILES string of the molecule is CC(=O)NC1C(Sc2nc3ccccc3n2CCCOc2ccc(C)cc2)OC(COC(C)=O)C(OC(C)=O)C1OC(C)=O. The van der Waals surface area contributed by atoms with Crippen molar-refractivity contribution in [3.63, 3.8) is 0 Å². The Morgan fingerprint density at radius 1 is 0.932 bits per heavy atom. The summed E-state index contributed by atoms with van der Waals surface area (Å²) >= 11 is 1.21. The smallest absolute Gasteiger partial charge is 0.303 e. The number of imidazole rings is 1. The molecule has 0 spiro atoms. The Labute approximate surface area is 259 Å². The number of nitrogens with one attached hydrogen (secondary N) is 1. The minimum absolute atomic E-state index is 0.276. The van der Waals surface area contributed by atoms with Crippen LogP contribution in [0.4, 0.5) is 0 Å². The lowest BCUT2D eigenvalue weighted by molar-refractivity contribution is -0.211. The van der Waals surface area contributed by atoms with Gasteiger partial charge in [-0.25, -0.2) is 4.98 Å². The van der Waals surface area contributed by atoms with Crippen molar-refractivity contribution in [1.29, 1.82) is 0 Å². The number of benzene rings is 2. The topological polar surface area (TPSA) is 144 Å². The Hall–Kier alpha value is -4.10. The number of aryl methyl sites for hydroxylation is 2. The molecular weight excluding hydrogens is 590 g/mol. The van der Waals surface area contributed by atoms with Crippen LogP contribution in [0.15, 0.2) is 53.7 Å². The lowest BCUT2D eigenvalue weighted by Gasteiger charge is -2.44. The number of aromatic nitrogens is 2. The van der Waals surface area contributed by atoms with Gasteiger partial charge in [0.1, 0.15) is 29.9 Å². The van der Waals surface area contributed by atoms with Gasteiger partial charge in [-0.1, -0.05) is 41.6 Å². The molecule has 5 unspecified atom stereocenters. The molecule has 1 saturated heterocycles. The van der Waals surface area contributed by atoms with Gasteiger partial charge in [-0.2, -0.15) is 0 Å². The monoisotopic (exact) mass is 627 g/mol. The summed E-state index contributed by atoms with van der Waals surface area (Å²) in [6, 6.07) is 14.6. The summed E-state index contributed by atoms with van der Waals surface area (Å²) in [6.45, 7) is 7.75. The number of carbonyl (C=O) groups excluding carboxylic acids is 4. The molecule has 1 N–H and O–H groups in total. The average molecular weight is 628 g/mol. The van der Waals surface area contributed by atoms with Crippen LogP contribution in [0, 0.1) is 6.92 Å². The Balaban J connectivity index is 1.64. The number of para-hydroxylation sites is 2. The maximum atomic E-state index is 12.4. The molecule has 2 aromatic carbocycles. The van der Waals surface area contributed by atoms with Crippen LogP contribution in [0.2, 0.25) is 0 Å². The van der Waals surface area contributed by atoms with E-state index in [1.807, 2.05) is 60.0 Å². The van der Waals surface area contributed by atoms with E-state index < -0.39 is 53.6 Å². The molecule has 1 fully saturated rings. The molecule has 1 aromatic heterocycles. The fourth-order valence-electron chi connectivity index (χ4n) is 4.90. The average Bonchev–Trinajstić information content (AvgIpc) is 3.30. The third-order valence-corrected chi connectivity index (χ3v) is 7.89. The zero-order chi connectivity index (χ0) is 31.8. The van der Waals surface area contributed by atoms with E-state index in [1.54, 1.807) is 0 Å². The van der Waals surface area contributed by atoms with Gasteiger partial charge in [0.05, 0.1) is 17.6 Å². The number of thioether (sulfide) groups is 1. The van der Waals surface area contributed by atoms with E-state index in [1.165, 1.54) is 39.5 Å². The van der Waals surface area contributed by atoms with E-state index in [9.17, 15) is 19.2 Å². The maximum absolute atomic E-state index is 12.4. The van der Waals surface area contributed by atoms with E-state index in [-0.39, 0.29) is 6.61 Å². The fraction of sp³-hybridized carbons (Fsp3) is 0.452. The van der Waals surface area contributed by atoms with Crippen molar-refractivity contribution in [1.82, 2.24) is 14.9 Å². The van der Waals surface area contributed by atoms with Crippen LogP contribution in [0.25, 0.3) is 11.0 Å². The summed E-state index contributed by atoms with van der Waals surface area (Å²) in [5.74, 6) is -1.51. The molecule has 0 bridgehead atoms. The van der Waals surface area contributed by atoms with Crippen LogP contribution in [0.3, 0.4) is 0 Å². The first kappa shape index (κ1) is 32.8. The summed E-state index contributed by atoms with van der Waals surface area (Å²) in [5.41, 5.74) is 1.92. The third-order valence-electron chi connectivity index (χ3n) is 6.73. The number of ether oxygens (including phenoxy) is 5. The number of hydrogen-bond acceptors (Lipinski definition) is 11. The molecule has 3 aromatic rings. The Bertz CT molecular complexity index is 1480. The number of hydrogen-bond donors (Lipinski definition) is 1. The lowest BCUT2D eigenvalue weighted by atomic mass is 9.97. The summed E-state index contributed by atoms with van der Waals surface area (Å²) in [6.07, 6.45) is -2.65.